The molecule has 0 unspecified atom stereocenters. The fourth-order valence-corrected chi connectivity index (χ4v) is 6.11. The summed E-state index contributed by atoms with van der Waals surface area (Å²) in [7, 11) is -3.65. The van der Waals surface area contributed by atoms with Gasteiger partial charge in [0.15, 0.2) is 0 Å². The third-order valence-electron chi connectivity index (χ3n) is 6.69. The predicted molar refractivity (Wildman–Crippen MR) is 131 cm³/mol. The molecule has 186 valence electrons. The Bertz CT molecular complexity index is 1360. The van der Waals surface area contributed by atoms with Crippen LogP contribution in [0.5, 0.6) is 0 Å². The molecule has 3 aliphatic carbocycles. The first-order valence-corrected chi connectivity index (χ1v) is 13.1. The zero-order valence-electron chi connectivity index (χ0n) is 19.3. The molecule has 3 saturated carbocycles. The van der Waals surface area contributed by atoms with E-state index in [4.69, 9.17) is 0 Å². The molecule has 2 amide bonds. The Kier molecular flexibility index (Phi) is 6.31. The maximum atomic E-state index is 13.2. The molecule has 1 aromatic heterocycles. The van der Waals surface area contributed by atoms with Crippen molar-refractivity contribution in [1.29, 1.82) is 0 Å². The largest absolute Gasteiger partial charge is 0.340 e. The summed E-state index contributed by atoms with van der Waals surface area (Å²) in [6, 6.07) is 15.2. The van der Waals surface area contributed by atoms with Gasteiger partial charge in [0.2, 0.25) is 15.9 Å². The van der Waals surface area contributed by atoms with Gasteiger partial charge in [-0.15, -0.1) is 0 Å². The number of aromatic nitrogens is 1. The van der Waals surface area contributed by atoms with Crippen molar-refractivity contribution < 1.29 is 22.4 Å². The first-order chi connectivity index (χ1) is 17.2. The Balaban J connectivity index is 1.28. The summed E-state index contributed by atoms with van der Waals surface area (Å²) in [5.41, 5.74) is 0.906. The normalized spacial score (nSPS) is 21.0. The molecule has 6 rings (SSSR count). The van der Waals surface area contributed by atoms with E-state index in [1.165, 1.54) is 48.5 Å². The minimum absolute atomic E-state index is 0.124. The summed E-state index contributed by atoms with van der Waals surface area (Å²) in [4.78, 5) is 30.2. The Morgan fingerprint density at radius 2 is 1.69 bits per heavy atom. The highest BCUT2D eigenvalue weighted by Gasteiger charge is 2.58. The van der Waals surface area contributed by atoms with Gasteiger partial charge in [0.05, 0.1) is 4.90 Å². The average molecular weight is 509 g/mol. The Labute approximate surface area is 208 Å². The highest BCUT2D eigenvalue weighted by atomic mass is 32.2. The number of nitrogens with one attached hydrogen (secondary N) is 3. The lowest BCUT2D eigenvalue weighted by Crippen LogP contribution is -2.67. The van der Waals surface area contributed by atoms with Crippen molar-refractivity contribution in [2.75, 3.05) is 5.32 Å². The van der Waals surface area contributed by atoms with Gasteiger partial charge in [0, 0.05) is 35.1 Å². The van der Waals surface area contributed by atoms with Crippen LogP contribution < -0.4 is 15.4 Å². The molecule has 8 nitrogen and oxygen atoms in total. The molecule has 0 saturated heterocycles. The molecular weight excluding hydrogens is 483 g/mol. The van der Waals surface area contributed by atoms with Gasteiger partial charge in [-0.2, -0.15) is 0 Å². The molecule has 2 aromatic carbocycles. The molecule has 3 aliphatic rings. The summed E-state index contributed by atoms with van der Waals surface area (Å²) in [5.74, 6) is -0.863. The zero-order valence-corrected chi connectivity index (χ0v) is 20.1. The van der Waals surface area contributed by atoms with Crippen molar-refractivity contribution in [3.05, 3.63) is 90.0 Å². The molecule has 36 heavy (non-hydrogen) atoms. The second-order valence-corrected chi connectivity index (χ2v) is 11.1. The van der Waals surface area contributed by atoms with Crippen molar-refractivity contribution in [2.24, 2.45) is 5.92 Å². The smallest absolute Gasteiger partial charge is 0.251 e. The van der Waals surface area contributed by atoms with Crippen molar-refractivity contribution >= 4 is 27.5 Å². The number of benzene rings is 2. The standard InChI is InChI=1S/C26H25FN4O4S/c27-19-6-4-18(5-7-19)24(32)30-23(13-21-3-1-2-12-28-21)25(33)29-20-8-10-22(11-9-20)36(34,35)31-26-14-17(15-26)16-26/h1-12,17,23,31H,13-16H2,(H,29,33)(H,30,32)/t17?,23-,26?/m0/s1. The van der Waals surface area contributed by atoms with Crippen LogP contribution in [-0.4, -0.2) is 36.8 Å². The lowest BCUT2D eigenvalue weighted by molar-refractivity contribution is -0.118. The number of anilines is 1. The van der Waals surface area contributed by atoms with E-state index in [9.17, 15) is 22.4 Å². The predicted octanol–water partition coefficient (Wildman–Crippen LogP) is 3.03. The molecule has 0 radical (unpaired) electrons. The minimum Gasteiger partial charge on any atom is -0.340 e. The third-order valence-corrected chi connectivity index (χ3v) is 8.28. The van der Waals surface area contributed by atoms with E-state index in [0.29, 0.717) is 17.3 Å². The van der Waals surface area contributed by atoms with Crippen molar-refractivity contribution in [3.63, 3.8) is 0 Å². The van der Waals surface area contributed by atoms with Crippen LogP contribution in [0.4, 0.5) is 10.1 Å². The van der Waals surface area contributed by atoms with Gasteiger partial charge in [-0.05, 0) is 85.8 Å². The maximum Gasteiger partial charge on any atom is 0.251 e. The zero-order chi connectivity index (χ0) is 25.3. The van der Waals surface area contributed by atoms with Crippen LogP contribution in [0.2, 0.25) is 0 Å². The van der Waals surface area contributed by atoms with E-state index in [0.717, 1.165) is 19.3 Å². The van der Waals surface area contributed by atoms with E-state index in [1.54, 1.807) is 24.4 Å². The van der Waals surface area contributed by atoms with E-state index < -0.39 is 33.7 Å². The molecule has 0 spiro atoms. The Morgan fingerprint density at radius 1 is 1.00 bits per heavy atom. The first kappa shape index (κ1) is 24.1. The minimum atomic E-state index is -3.65. The van der Waals surface area contributed by atoms with E-state index in [2.05, 4.69) is 20.3 Å². The number of rotatable bonds is 9. The van der Waals surface area contributed by atoms with Gasteiger partial charge in [0.25, 0.3) is 5.91 Å². The fourth-order valence-electron chi connectivity index (χ4n) is 4.67. The monoisotopic (exact) mass is 508 g/mol. The number of sulfonamides is 1. The fraction of sp³-hybridized carbons (Fsp3) is 0.269. The average Bonchev–Trinajstić information content (AvgIpc) is 2.82. The number of carbonyl (C=O) groups is 2. The molecule has 3 aromatic rings. The van der Waals surface area contributed by atoms with E-state index in [1.807, 2.05) is 0 Å². The summed E-state index contributed by atoms with van der Waals surface area (Å²) < 4.78 is 41.5. The van der Waals surface area contributed by atoms with Crippen LogP contribution in [0.1, 0.15) is 35.3 Å². The van der Waals surface area contributed by atoms with Crippen molar-refractivity contribution in [2.45, 2.75) is 42.2 Å². The second kappa shape index (κ2) is 9.44. The lowest BCUT2D eigenvalue weighted by Gasteiger charge is -2.61. The number of hydrogen-bond acceptors (Lipinski definition) is 5. The van der Waals surface area contributed by atoms with Crippen LogP contribution in [0.3, 0.4) is 0 Å². The van der Waals surface area contributed by atoms with Gasteiger partial charge in [-0.25, -0.2) is 17.5 Å². The maximum absolute atomic E-state index is 13.2. The van der Waals surface area contributed by atoms with E-state index in [-0.39, 0.29) is 22.4 Å². The number of carbonyl (C=O) groups excluding carboxylic acids is 2. The summed E-state index contributed by atoms with van der Waals surface area (Å²) in [6.45, 7) is 0. The number of hydrogen-bond donors (Lipinski definition) is 3. The molecule has 2 bridgehead atoms. The molecule has 3 N–H and O–H groups in total. The van der Waals surface area contributed by atoms with Gasteiger partial charge in [0.1, 0.15) is 11.9 Å². The van der Waals surface area contributed by atoms with Crippen molar-refractivity contribution in [1.82, 2.24) is 15.0 Å². The summed E-state index contributed by atoms with van der Waals surface area (Å²) in [6.07, 6.45) is 4.39. The summed E-state index contributed by atoms with van der Waals surface area (Å²) in [5, 5.41) is 5.41. The topological polar surface area (TPSA) is 117 Å². The number of amides is 2. The van der Waals surface area contributed by atoms with Crippen molar-refractivity contribution in [3.8, 4) is 0 Å². The van der Waals surface area contributed by atoms with Crippen LogP contribution in [0.15, 0.2) is 77.8 Å². The van der Waals surface area contributed by atoms with Gasteiger partial charge in [-0.3, -0.25) is 14.6 Å². The quantitative estimate of drug-likeness (QED) is 0.411. The third kappa shape index (κ3) is 5.14. The molecular formula is C26H25FN4O4S. The highest BCUT2D eigenvalue weighted by Crippen LogP contribution is 2.57. The SMILES string of the molecule is O=C(N[C@@H](Cc1ccccn1)C(=O)Nc1ccc(S(=O)(=O)NC23CC(C2)C3)cc1)c1ccc(F)cc1. The summed E-state index contributed by atoms with van der Waals surface area (Å²) >= 11 is 0. The number of halogens is 1. The Morgan fingerprint density at radius 3 is 2.28 bits per heavy atom. The number of nitrogens with zero attached hydrogens (tertiary/aromatic N) is 1. The molecule has 10 heteroatoms. The first-order valence-electron chi connectivity index (χ1n) is 11.6. The van der Waals surface area contributed by atoms with Gasteiger partial charge >= 0.3 is 0 Å². The van der Waals surface area contributed by atoms with Crippen LogP contribution in [-0.2, 0) is 21.2 Å². The van der Waals surface area contributed by atoms with Crippen LogP contribution in [0.25, 0.3) is 0 Å². The van der Waals surface area contributed by atoms with Gasteiger partial charge in [-0.1, -0.05) is 6.07 Å². The molecule has 1 atom stereocenters. The Hall–Kier alpha value is -3.63. The number of pyridine rings is 1. The highest BCUT2D eigenvalue weighted by molar-refractivity contribution is 7.89. The molecule has 0 aliphatic heterocycles. The van der Waals surface area contributed by atoms with E-state index >= 15 is 0 Å². The van der Waals surface area contributed by atoms with Crippen LogP contribution >= 0.6 is 0 Å². The molecule has 1 heterocycles. The van der Waals surface area contributed by atoms with Crippen LogP contribution in [0, 0.1) is 11.7 Å². The van der Waals surface area contributed by atoms with Gasteiger partial charge < -0.3 is 10.6 Å². The second-order valence-electron chi connectivity index (χ2n) is 9.44. The lowest BCUT2D eigenvalue weighted by atomic mass is 9.50. The molecule has 3 fully saturated rings.